The summed E-state index contributed by atoms with van der Waals surface area (Å²) in [4.78, 5) is 24.0. The third-order valence-corrected chi connectivity index (χ3v) is 6.92. The van der Waals surface area contributed by atoms with Crippen LogP contribution in [-0.4, -0.2) is 52.2 Å². The lowest BCUT2D eigenvalue weighted by Crippen LogP contribution is -2.38. The van der Waals surface area contributed by atoms with Gasteiger partial charge in [-0.1, -0.05) is 11.6 Å². The van der Waals surface area contributed by atoms with Crippen LogP contribution in [0.5, 0.6) is 11.5 Å². The highest BCUT2D eigenvalue weighted by atomic mass is 35.5. The first-order valence-electron chi connectivity index (χ1n) is 12.2. The molecule has 1 fully saturated rings. The summed E-state index contributed by atoms with van der Waals surface area (Å²) in [6.07, 6.45) is 1.34. The molecule has 0 saturated carbocycles. The quantitative estimate of drug-likeness (QED) is 0.386. The van der Waals surface area contributed by atoms with Crippen LogP contribution in [0.4, 0.5) is 11.8 Å². The predicted octanol–water partition coefficient (Wildman–Crippen LogP) is 4.23. The number of hydrogen-bond acceptors (Lipinski definition) is 9. The molecule has 0 radical (unpaired) electrons. The number of benzene rings is 2. The third kappa shape index (κ3) is 4.27. The number of fused-ring (bicyclic) bond motifs is 2. The first kappa shape index (κ1) is 23.4. The van der Waals surface area contributed by atoms with Crippen LogP contribution in [0.25, 0.3) is 28.0 Å². The molecular weight excluding hydrogens is 496 g/mol. The Morgan fingerprint density at radius 3 is 2.62 bits per heavy atom. The zero-order valence-electron chi connectivity index (χ0n) is 20.2. The predicted molar refractivity (Wildman–Crippen MR) is 139 cm³/mol. The normalized spacial score (nSPS) is 15.4. The van der Waals surface area contributed by atoms with Crippen LogP contribution < -0.4 is 20.1 Å². The summed E-state index contributed by atoms with van der Waals surface area (Å²) < 4.78 is 17.9. The number of anilines is 2. The molecule has 4 aromatic rings. The molecule has 0 aliphatic carbocycles. The van der Waals surface area contributed by atoms with Crippen LogP contribution >= 0.6 is 11.6 Å². The molecule has 0 amide bonds. The Hall–Kier alpha value is -4.05. The van der Waals surface area contributed by atoms with Crippen molar-refractivity contribution in [2.75, 3.05) is 37.1 Å². The number of halogens is 1. The van der Waals surface area contributed by atoms with Crippen LogP contribution in [0, 0.1) is 5.92 Å². The van der Waals surface area contributed by atoms with E-state index in [2.05, 4.69) is 4.90 Å². The van der Waals surface area contributed by atoms with Crippen molar-refractivity contribution in [3.63, 3.8) is 0 Å². The molecule has 0 bridgehead atoms. The second-order valence-electron chi connectivity index (χ2n) is 8.93. The summed E-state index contributed by atoms with van der Waals surface area (Å²) in [7, 11) is 0. The van der Waals surface area contributed by atoms with Crippen molar-refractivity contribution in [1.82, 2.24) is 19.7 Å². The van der Waals surface area contributed by atoms with E-state index in [1.54, 1.807) is 16.8 Å². The van der Waals surface area contributed by atoms with Gasteiger partial charge in [-0.05, 0) is 62.2 Å². The van der Waals surface area contributed by atoms with E-state index < -0.39 is 0 Å². The Kier molecular flexibility index (Phi) is 5.96. The van der Waals surface area contributed by atoms with Gasteiger partial charge < -0.3 is 24.8 Å². The van der Waals surface area contributed by atoms with E-state index in [0.717, 1.165) is 11.3 Å². The molecule has 190 valence electrons. The fourth-order valence-electron chi connectivity index (χ4n) is 4.75. The fraction of sp³-hybridized carbons (Fsp3) is 0.308. The maximum Gasteiger partial charge on any atom is 0.309 e. The number of hydrogen-bond donors (Lipinski definition) is 1. The van der Waals surface area contributed by atoms with Crippen molar-refractivity contribution < 1.29 is 19.0 Å². The van der Waals surface area contributed by atoms with Gasteiger partial charge in [0.15, 0.2) is 17.1 Å². The number of ether oxygens (including phenoxy) is 3. The Balaban J connectivity index is 1.44. The van der Waals surface area contributed by atoms with Crippen molar-refractivity contribution in [3.05, 3.63) is 47.5 Å². The largest absolute Gasteiger partial charge is 0.466 e. The number of carbonyl (C=O) groups excluding carboxylic acids is 1. The lowest BCUT2D eigenvalue weighted by Gasteiger charge is -2.31. The summed E-state index contributed by atoms with van der Waals surface area (Å²) in [5.41, 5.74) is 9.31. The van der Waals surface area contributed by atoms with E-state index in [4.69, 9.17) is 46.6 Å². The summed E-state index contributed by atoms with van der Waals surface area (Å²) in [6, 6.07) is 12.9. The molecular formula is C26H25ClN6O4. The van der Waals surface area contributed by atoms with Gasteiger partial charge in [0.2, 0.25) is 12.7 Å². The van der Waals surface area contributed by atoms with Gasteiger partial charge in [0.05, 0.1) is 29.3 Å². The van der Waals surface area contributed by atoms with Crippen LogP contribution in [0.3, 0.4) is 0 Å². The molecule has 10 nitrogen and oxygen atoms in total. The van der Waals surface area contributed by atoms with Crippen molar-refractivity contribution in [2.24, 2.45) is 5.92 Å². The molecule has 6 rings (SSSR count). The second-order valence-corrected chi connectivity index (χ2v) is 9.36. The van der Waals surface area contributed by atoms with Gasteiger partial charge in [0, 0.05) is 23.7 Å². The van der Waals surface area contributed by atoms with Crippen LogP contribution in [0.15, 0.2) is 42.5 Å². The van der Waals surface area contributed by atoms with Gasteiger partial charge in [-0.2, -0.15) is 4.98 Å². The molecule has 0 spiro atoms. The summed E-state index contributed by atoms with van der Waals surface area (Å²) >= 11 is 6.08. The van der Waals surface area contributed by atoms with Gasteiger partial charge in [-0.25, -0.2) is 9.67 Å². The number of esters is 1. The highest BCUT2D eigenvalue weighted by Gasteiger charge is 2.29. The van der Waals surface area contributed by atoms with Crippen LogP contribution in [-0.2, 0) is 9.53 Å². The molecule has 2 aromatic carbocycles. The van der Waals surface area contributed by atoms with E-state index in [1.807, 2.05) is 37.3 Å². The topological polar surface area (TPSA) is 118 Å². The lowest BCUT2D eigenvalue weighted by molar-refractivity contribution is -0.148. The van der Waals surface area contributed by atoms with Crippen molar-refractivity contribution in [1.29, 1.82) is 0 Å². The first-order valence-corrected chi connectivity index (χ1v) is 12.5. The van der Waals surface area contributed by atoms with Gasteiger partial charge in [0.25, 0.3) is 0 Å². The second kappa shape index (κ2) is 9.44. The number of carbonyl (C=O) groups is 1. The van der Waals surface area contributed by atoms with Crippen molar-refractivity contribution in [3.8, 4) is 28.4 Å². The average molecular weight is 521 g/mol. The zero-order chi connectivity index (χ0) is 25.5. The minimum Gasteiger partial charge on any atom is -0.466 e. The van der Waals surface area contributed by atoms with E-state index in [1.165, 1.54) is 0 Å². The smallest absolute Gasteiger partial charge is 0.309 e. The SMILES string of the molecule is CCOC(=O)C1CCN(c2nc(-c3ccc4c(c3)OCO4)c3c(N)n(-c4ccc(Cl)cc4)nc3n2)CC1. The van der Waals surface area contributed by atoms with Gasteiger partial charge in [-0.3, -0.25) is 4.79 Å². The standard InChI is InChI=1S/C26H25ClN6O4/c1-2-35-25(34)15-9-11-32(12-10-15)26-29-22(16-3-8-19-20(13-16)37-14-36-19)21-23(28)33(31-24(21)30-26)18-6-4-17(27)5-7-18/h3-8,13,15H,2,9-12,14,28H2,1H3. The fourth-order valence-corrected chi connectivity index (χ4v) is 4.87. The summed E-state index contributed by atoms with van der Waals surface area (Å²) in [5, 5.41) is 5.99. The molecule has 11 heteroatoms. The van der Waals surface area contributed by atoms with Gasteiger partial charge in [0.1, 0.15) is 5.82 Å². The van der Waals surface area contributed by atoms with Crippen molar-refractivity contribution in [2.45, 2.75) is 19.8 Å². The molecule has 2 aliphatic heterocycles. The highest BCUT2D eigenvalue weighted by molar-refractivity contribution is 6.30. The molecule has 2 N–H and O–H groups in total. The minimum atomic E-state index is -0.144. The summed E-state index contributed by atoms with van der Waals surface area (Å²) in [6.45, 7) is 3.64. The Morgan fingerprint density at radius 1 is 1.11 bits per heavy atom. The van der Waals surface area contributed by atoms with E-state index in [0.29, 0.717) is 77.6 Å². The Bertz CT molecular complexity index is 1480. The zero-order valence-corrected chi connectivity index (χ0v) is 20.9. The maximum absolute atomic E-state index is 12.2. The van der Waals surface area contributed by atoms with E-state index >= 15 is 0 Å². The van der Waals surface area contributed by atoms with Crippen LogP contribution in [0.1, 0.15) is 19.8 Å². The van der Waals surface area contributed by atoms with Gasteiger partial charge >= 0.3 is 5.97 Å². The Morgan fingerprint density at radius 2 is 1.86 bits per heavy atom. The average Bonchev–Trinajstić information content (AvgIpc) is 3.53. The molecule has 2 aromatic heterocycles. The third-order valence-electron chi connectivity index (χ3n) is 6.67. The number of nitrogens with two attached hydrogens (primary N) is 1. The molecule has 37 heavy (non-hydrogen) atoms. The van der Waals surface area contributed by atoms with E-state index in [-0.39, 0.29) is 18.7 Å². The van der Waals surface area contributed by atoms with Crippen molar-refractivity contribution >= 4 is 40.4 Å². The minimum absolute atomic E-state index is 0.118. The molecule has 0 unspecified atom stereocenters. The number of piperidine rings is 1. The van der Waals surface area contributed by atoms with Gasteiger partial charge in [-0.15, -0.1) is 5.10 Å². The molecule has 0 atom stereocenters. The first-order chi connectivity index (χ1) is 18.0. The monoisotopic (exact) mass is 520 g/mol. The molecule has 4 heterocycles. The highest BCUT2D eigenvalue weighted by Crippen LogP contribution is 2.39. The maximum atomic E-state index is 12.2. The number of nitrogens with zero attached hydrogens (tertiary/aromatic N) is 5. The molecule has 1 saturated heterocycles. The number of rotatable bonds is 5. The summed E-state index contributed by atoms with van der Waals surface area (Å²) in [5.74, 6) is 2.01. The number of aromatic nitrogens is 4. The van der Waals surface area contributed by atoms with Crippen LogP contribution in [0.2, 0.25) is 5.02 Å². The molecule has 2 aliphatic rings. The van der Waals surface area contributed by atoms with E-state index in [9.17, 15) is 4.79 Å². The Labute approximate surface area is 217 Å². The number of nitrogen functional groups attached to an aromatic ring is 1. The lowest BCUT2D eigenvalue weighted by atomic mass is 9.97.